The summed E-state index contributed by atoms with van der Waals surface area (Å²) in [5.41, 5.74) is -0.630. The highest BCUT2D eigenvalue weighted by Crippen LogP contribution is 2.29. The second-order valence-corrected chi connectivity index (χ2v) is 4.07. The number of esters is 1. The van der Waals surface area contributed by atoms with Crippen LogP contribution in [0.1, 0.15) is 13.8 Å². The molecule has 0 saturated carbocycles. The summed E-state index contributed by atoms with van der Waals surface area (Å²) in [4.78, 5) is 33.9. The molecule has 0 spiro atoms. The summed E-state index contributed by atoms with van der Waals surface area (Å²) in [6.45, 7) is 2.45. The molecule has 2 N–H and O–H groups in total. The van der Waals surface area contributed by atoms with Crippen LogP contribution in [-0.4, -0.2) is 17.0 Å². The topological polar surface area (TPSA) is 106 Å². The van der Waals surface area contributed by atoms with Crippen LogP contribution in [0.25, 0.3) is 11.0 Å². The zero-order valence-electron chi connectivity index (χ0n) is 10.7. The molecule has 7 nitrogen and oxygen atoms in total. The van der Waals surface area contributed by atoms with Gasteiger partial charge in [0.15, 0.2) is 0 Å². The number of hydrogen-bond donors (Lipinski definition) is 2. The van der Waals surface area contributed by atoms with E-state index in [4.69, 9.17) is 9.15 Å². The van der Waals surface area contributed by atoms with Crippen molar-refractivity contribution in [2.75, 3.05) is 5.32 Å². The predicted molar refractivity (Wildman–Crippen MR) is 69.8 cm³/mol. The van der Waals surface area contributed by atoms with E-state index < -0.39 is 23.1 Å². The molecule has 1 heterocycles. The van der Waals surface area contributed by atoms with Crippen molar-refractivity contribution in [3.8, 4) is 11.5 Å². The Morgan fingerprint density at radius 3 is 2.60 bits per heavy atom. The van der Waals surface area contributed by atoms with E-state index in [2.05, 4.69) is 5.32 Å². The predicted octanol–water partition coefficient (Wildman–Crippen LogP) is 1.38. The molecule has 0 aliphatic rings. The van der Waals surface area contributed by atoms with Gasteiger partial charge in [-0.15, -0.1) is 0 Å². The van der Waals surface area contributed by atoms with Gasteiger partial charge >= 0.3 is 5.97 Å². The molecule has 0 atom stereocenters. The maximum atomic E-state index is 12.1. The number of hydrogen-bond acceptors (Lipinski definition) is 6. The summed E-state index contributed by atoms with van der Waals surface area (Å²) >= 11 is 0. The van der Waals surface area contributed by atoms with Crippen LogP contribution in [-0.2, 0) is 9.59 Å². The van der Waals surface area contributed by atoms with E-state index in [0.29, 0.717) is 0 Å². The third kappa shape index (κ3) is 2.61. The van der Waals surface area contributed by atoms with Gasteiger partial charge in [-0.1, -0.05) is 0 Å². The molecule has 0 bridgehead atoms. The SMILES string of the molecule is CC(=O)Nc1coc2cc(OC(C)=O)cc(O)c2c1=O. The highest BCUT2D eigenvalue weighted by Gasteiger charge is 2.14. The van der Waals surface area contributed by atoms with Crippen molar-refractivity contribution in [3.05, 3.63) is 28.6 Å². The Morgan fingerprint density at radius 1 is 1.30 bits per heavy atom. The highest BCUT2D eigenvalue weighted by atomic mass is 16.5. The zero-order valence-corrected chi connectivity index (χ0v) is 10.7. The monoisotopic (exact) mass is 277 g/mol. The second kappa shape index (κ2) is 5.04. The standard InChI is InChI=1S/C13H11NO6/c1-6(15)14-9-5-19-11-4-8(20-7(2)16)3-10(17)12(11)13(9)18/h3-5,17H,1-2H3,(H,14,15). The lowest BCUT2D eigenvalue weighted by molar-refractivity contribution is -0.131. The van der Waals surface area contributed by atoms with Gasteiger partial charge in [-0.25, -0.2) is 0 Å². The van der Waals surface area contributed by atoms with Crippen molar-refractivity contribution in [3.63, 3.8) is 0 Å². The lowest BCUT2D eigenvalue weighted by atomic mass is 10.2. The van der Waals surface area contributed by atoms with Crippen molar-refractivity contribution in [1.29, 1.82) is 0 Å². The Hall–Kier alpha value is -2.83. The van der Waals surface area contributed by atoms with Gasteiger partial charge in [-0.3, -0.25) is 14.4 Å². The van der Waals surface area contributed by atoms with Crippen LogP contribution in [0, 0.1) is 0 Å². The molecule has 104 valence electrons. The summed E-state index contributed by atoms with van der Waals surface area (Å²) in [6.07, 6.45) is 1.06. The van der Waals surface area contributed by atoms with Gasteiger partial charge in [0, 0.05) is 26.0 Å². The maximum Gasteiger partial charge on any atom is 0.308 e. The summed E-state index contributed by atoms with van der Waals surface area (Å²) in [5.74, 6) is -1.36. The summed E-state index contributed by atoms with van der Waals surface area (Å²) in [5, 5.41) is 12.0. The van der Waals surface area contributed by atoms with Gasteiger partial charge < -0.3 is 19.6 Å². The number of carbonyl (C=O) groups excluding carboxylic acids is 2. The van der Waals surface area contributed by atoms with Gasteiger partial charge in [0.1, 0.15) is 34.4 Å². The lowest BCUT2D eigenvalue weighted by Gasteiger charge is -2.06. The van der Waals surface area contributed by atoms with Crippen molar-refractivity contribution in [1.82, 2.24) is 0 Å². The molecule has 0 saturated heterocycles. The molecule has 0 aliphatic carbocycles. The fraction of sp³-hybridized carbons (Fsp3) is 0.154. The quantitative estimate of drug-likeness (QED) is 0.634. The Morgan fingerprint density at radius 2 is 2.00 bits per heavy atom. The molecule has 1 amide bonds. The molecule has 20 heavy (non-hydrogen) atoms. The summed E-state index contributed by atoms with van der Waals surface area (Å²) in [6, 6.07) is 2.42. The minimum atomic E-state index is -0.590. The van der Waals surface area contributed by atoms with Gasteiger partial charge in [0.05, 0.1) is 0 Å². The molecule has 7 heteroatoms. The van der Waals surface area contributed by atoms with Crippen LogP contribution in [0.15, 0.2) is 27.6 Å². The molecule has 2 rings (SSSR count). The number of amides is 1. The van der Waals surface area contributed by atoms with Gasteiger partial charge in [-0.2, -0.15) is 0 Å². The van der Waals surface area contributed by atoms with E-state index >= 15 is 0 Å². The fourth-order valence-corrected chi connectivity index (χ4v) is 1.71. The Kier molecular flexibility index (Phi) is 3.43. The Labute approximate surface area is 112 Å². The third-order valence-electron chi connectivity index (χ3n) is 2.40. The normalized spacial score (nSPS) is 10.3. The van der Waals surface area contributed by atoms with Crippen LogP contribution in [0.2, 0.25) is 0 Å². The van der Waals surface area contributed by atoms with Crippen LogP contribution < -0.4 is 15.5 Å². The molecule has 1 aromatic heterocycles. The summed E-state index contributed by atoms with van der Waals surface area (Å²) < 4.78 is 9.97. The van der Waals surface area contributed by atoms with Gasteiger partial charge in [0.25, 0.3) is 0 Å². The molecule has 0 unspecified atom stereocenters. The Balaban J connectivity index is 2.62. The fourth-order valence-electron chi connectivity index (χ4n) is 1.71. The minimum absolute atomic E-state index is 0.0420. The van der Waals surface area contributed by atoms with E-state index in [9.17, 15) is 19.5 Å². The molecule has 0 radical (unpaired) electrons. The smallest absolute Gasteiger partial charge is 0.308 e. The Bertz CT molecular complexity index is 761. The van der Waals surface area contributed by atoms with Crippen LogP contribution >= 0.6 is 0 Å². The number of rotatable bonds is 2. The van der Waals surface area contributed by atoms with E-state index in [1.807, 2.05) is 0 Å². The molecular weight excluding hydrogens is 266 g/mol. The number of fused-ring (bicyclic) bond motifs is 1. The van der Waals surface area contributed by atoms with Crippen LogP contribution in [0.3, 0.4) is 0 Å². The van der Waals surface area contributed by atoms with Gasteiger partial charge in [-0.05, 0) is 0 Å². The third-order valence-corrected chi connectivity index (χ3v) is 2.40. The molecule has 0 aliphatic heterocycles. The number of phenolic OH excluding ortho intramolecular Hbond substituents is 1. The van der Waals surface area contributed by atoms with Crippen molar-refractivity contribution < 1.29 is 23.8 Å². The van der Waals surface area contributed by atoms with Crippen molar-refractivity contribution >= 4 is 28.5 Å². The first-order valence-electron chi connectivity index (χ1n) is 5.63. The first-order valence-corrected chi connectivity index (χ1v) is 5.63. The molecule has 1 aromatic carbocycles. The lowest BCUT2D eigenvalue weighted by Crippen LogP contribution is -2.15. The number of ether oxygens (including phenoxy) is 1. The second-order valence-electron chi connectivity index (χ2n) is 4.07. The minimum Gasteiger partial charge on any atom is -0.507 e. The first-order chi connectivity index (χ1) is 9.38. The van der Waals surface area contributed by atoms with E-state index in [-0.39, 0.29) is 22.4 Å². The van der Waals surface area contributed by atoms with Gasteiger partial charge in [0.2, 0.25) is 11.3 Å². The van der Waals surface area contributed by atoms with Crippen molar-refractivity contribution in [2.24, 2.45) is 0 Å². The maximum absolute atomic E-state index is 12.1. The largest absolute Gasteiger partial charge is 0.507 e. The average molecular weight is 277 g/mol. The summed E-state index contributed by atoms with van der Waals surface area (Å²) in [7, 11) is 0. The number of carbonyl (C=O) groups is 2. The highest BCUT2D eigenvalue weighted by molar-refractivity contribution is 5.93. The van der Waals surface area contributed by atoms with E-state index in [1.54, 1.807) is 0 Å². The average Bonchev–Trinajstić information content (AvgIpc) is 2.31. The molecule has 0 fully saturated rings. The van der Waals surface area contributed by atoms with Crippen LogP contribution in [0.4, 0.5) is 5.69 Å². The van der Waals surface area contributed by atoms with E-state index in [0.717, 1.165) is 12.3 Å². The van der Waals surface area contributed by atoms with Crippen molar-refractivity contribution in [2.45, 2.75) is 13.8 Å². The molecular formula is C13H11NO6. The number of benzene rings is 1. The van der Waals surface area contributed by atoms with E-state index in [1.165, 1.54) is 19.9 Å². The first kappa shape index (κ1) is 13.6. The number of phenols is 1. The molecule has 2 aromatic rings. The number of nitrogens with one attached hydrogen (secondary N) is 1. The zero-order chi connectivity index (χ0) is 14.9. The van der Waals surface area contributed by atoms with Crippen LogP contribution in [0.5, 0.6) is 11.5 Å². The number of anilines is 1. The number of aromatic hydroxyl groups is 1.